The van der Waals surface area contributed by atoms with Gasteiger partial charge in [0.1, 0.15) is 11.6 Å². The number of hydrogen-bond acceptors (Lipinski definition) is 4. The molecule has 0 saturated carbocycles. The maximum Gasteiger partial charge on any atom is 0.227 e. The number of imidazole rings is 1. The van der Waals surface area contributed by atoms with Crippen molar-refractivity contribution < 1.29 is 9.18 Å². The molecule has 1 amide bonds. The van der Waals surface area contributed by atoms with Crippen LogP contribution >= 0.6 is 0 Å². The third-order valence-electron chi connectivity index (χ3n) is 6.62. The van der Waals surface area contributed by atoms with E-state index in [4.69, 9.17) is 4.98 Å². The second-order valence-electron chi connectivity index (χ2n) is 9.04. The van der Waals surface area contributed by atoms with E-state index < -0.39 is 0 Å². The van der Waals surface area contributed by atoms with E-state index in [9.17, 15) is 9.18 Å². The first-order chi connectivity index (χ1) is 15.6. The molecule has 2 saturated heterocycles. The minimum atomic E-state index is -0.251. The fourth-order valence-corrected chi connectivity index (χ4v) is 5.05. The molecule has 1 aromatic heterocycles. The Balaban J connectivity index is 1.38. The van der Waals surface area contributed by atoms with Gasteiger partial charge in [0, 0.05) is 37.9 Å². The number of rotatable bonds is 4. The Labute approximate surface area is 188 Å². The Kier molecular flexibility index (Phi) is 5.93. The smallest absolute Gasteiger partial charge is 0.227 e. The highest BCUT2D eigenvalue weighted by Crippen LogP contribution is 2.25. The molecule has 168 valence electrons. The summed E-state index contributed by atoms with van der Waals surface area (Å²) in [5.41, 5.74) is 2.83. The molecule has 0 bridgehead atoms. The van der Waals surface area contributed by atoms with Crippen LogP contribution in [0.2, 0.25) is 0 Å². The molecule has 2 atom stereocenters. The number of nitrogens with one attached hydrogen (secondary N) is 1. The van der Waals surface area contributed by atoms with E-state index >= 15 is 0 Å². The number of carbonyl (C=O) groups is 1. The molecule has 2 aliphatic rings. The normalized spacial score (nSPS) is 22.4. The fourth-order valence-electron chi connectivity index (χ4n) is 5.05. The minimum absolute atomic E-state index is 0.0395. The largest absolute Gasteiger partial charge is 0.340 e. The minimum Gasteiger partial charge on any atom is -0.340 e. The highest BCUT2D eigenvalue weighted by molar-refractivity contribution is 5.79. The summed E-state index contributed by atoms with van der Waals surface area (Å²) in [6.45, 7) is 6.94. The lowest BCUT2D eigenvalue weighted by Crippen LogP contribution is -2.54. The van der Waals surface area contributed by atoms with E-state index in [0.29, 0.717) is 12.6 Å². The number of piperidine rings is 1. The molecule has 3 aromatic rings. The molecule has 2 aromatic carbocycles. The lowest BCUT2D eigenvalue weighted by molar-refractivity contribution is -0.138. The van der Waals surface area contributed by atoms with Crippen LogP contribution in [0.15, 0.2) is 48.5 Å². The molecule has 2 fully saturated rings. The van der Waals surface area contributed by atoms with Crippen LogP contribution in [0.1, 0.15) is 25.6 Å². The monoisotopic (exact) mass is 435 g/mol. The third kappa shape index (κ3) is 4.27. The number of fused-ring (bicyclic) bond motifs is 1. The van der Waals surface area contributed by atoms with Gasteiger partial charge in [-0.15, -0.1) is 0 Å². The van der Waals surface area contributed by atoms with Gasteiger partial charge in [-0.2, -0.15) is 0 Å². The molecule has 7 heteroatoms. The summed E-state index contributed by atoms with van der Waals surface area (Å²) >= 11 is 0. The first kappa shape index (κ1) is 21.1. The summed E-state index contributed by atoms with van der Waals surface area (Å²) in [7, 11) is 0. The van der Waals surface area contributed by atoms with Crippen LogP contribution in [-0.2, 0) is 11.3 Å². The SMILES string of the molecule is C[C@@H]1CN(C(=O)[C@@H]2CCCN(Cc3nc4ccccc4n3-c3ccc(F)cc3)C2)CCN1. The molecule has 2 aliphatic heterocycles. The van der Waals surface area contributed by atoms with Crippen molar-refractivity contribution in [3.8, 4) is 5.69 Å². The standard InChI is InChI=1S/C25H30FN5O/c1-18-15-30(14-12-27-18)25(32)19-5-4-13-29(16-19)17-24-28-22-6-2-3-7-23(22)31(24)21-10-8-20(26)9-11-21/h2-3,6-11,18-19,27H,4-5,12-17H2,1H3/t18-,19-/m1/s1. The Bertz CT molecular complexity index is 1100. The maximum absolute atomic E-state index is 13.5. The average Bonchev–Trinajstić information content (AvgIpc) is 3.17. The number of likely N-dealkylation sites (tertiary alicyclic amines) is 1. The van der Waals surface area contributed by atoms with Gasteiger partial charge in [0.15, 0.2) is 0 Å². The van der Waals surface area contributed by atoms with Crippen LogP contribution in [0, 0.1) is 11.7 Å². The van der Waals surface area contributed by atoms with Crippen LogP contribution in [0.25, 0.3) is 16.7 Å². The van der Waals surface area contributed by atoms with Crippen molar-refractivity contribution >= 4 is 16.9 Å². The van der Waals surface area contributed by atoms with Crippen LogP contribution in [0.4, 0.5) is 4.39 Å². The second-order valence-corrected chi connectivity index (χ2v) is 9.04. The van der Waals surface area contributed by atoms with E-state index in [1.807, 2.05) is 29.2 Å². The van der Waals surface area contributed by atoms with Crippen molar-refractivity contribution in [2.24, 2.45) is 5.92 Å². The van der Waals surface area contributed by atoms with Crippen molar-refractivity contribution in [3.05, 3.63) is 60.2 Å². The van der Waals surface area contributed by atoms with Gasteiger partial charge in [0.2, 0.25) is 5.91 Å². The predicted molar refractivity (Wildman–Crippen MR) is 123 cm³/mol. The van der Waals surface area contributed by atoms with Crippen molar-refractivity contribution in [2.75, 3.05) is 32.7 Å². The van der Waals surface area contributed by atoms with E-state index in [0.717, 1.165) is 68.1 Å². The number of benzene rings is 2. The molecular weight excluding hydrogens is 405 g/mol. The average molecular weight is 436 g/mol. The Morgan fingerprint density at radius 3 is 2.75 bits per heavy atom. The van der Waals surface area contributed by atoms with Crippen LogP contribution < -0.4 is 5.32 Å². The van der Waals surface area contributed by atoms with Gasteiger partial charge in [-0.25, -0.2) is 9.37 Å². The first-order valence-corrected chi connectivity index (χ1v) is 11.6. The van der Waals surface area contributed by atoms with Crippen LogP contribution in [0.3, 0.4) is 0 Å². The van der Waals surface area contributed by atoms with Gasteiger partial charge in [-0.1, -0.05) is 12.1 Å². The summed E-state index contributed by atoms with van der Waals surface area (Å²) in [5, 5.41) is 3.41. The first-order valence-electron chi connectivity index (χ1n) is 11.6. The van der Waals surface area contributed by atoms with E-state index in [1.165, 1.54) is 12.1 Å². The van der Waals surface area contributed by atoms with E-state index in [2.05, 4.69) is 21.7 Å². The number of nitrogens with zero attached hydrogens (tertiary/aromatic N) is 4. The number of amides is 1. The topological polar surface area (TPSA) is 53.4 Å². The lowest BCUT2D eigenvalue weighted by Gasteiger charge is -2.38. The number of halogens is 1. The number of aromatic nitrogens is 2. The van der Waals surface area contributed by atoms with Crippen molar-refractivity contribution in [3.63, 3.8) is 0 Å². The molecule has 32 heavy (non-hydrogen) atoms. The summed E-state index contributed by atoms with van der Waals surface area (Å²) in [5.74, 6) is 0.994. The molecular formula is C25H30FN5O. The van der Waals surface area contributed by atoms with Gasteiger partial charge in [0.25, 0.3) is 0 Å². The van der Waals surface area contributed by atoms with Gasteiger partial charge >= 0.3 is 0 Å². The lowest BCUT2D eigenvalue weighted by atomic mass is 9.96. The van der Waals surface area contributed by atoms with Crippen molar-refractivity contribution in [2.45, 2.75) is 32.4 Å². The van der Waals surface area contributed by atoms with Gasteiger partial charge in [-0.05, 0) is 62.7 Å². The number of para-hydroxylation sites is 2. The summed E-state index contributed by atoms with van der Waals surface area (Å²) in [4.78, 5) is 22.4. The maximum atomic E-state index is 13.5. The third-order valence-corrected chi connectivity index (χ3v) is 6.62. The molecule has 5 rings (SSSR count). The highest BCUT2D eigenvalue weighted by Gasteiger charge is 2.31. The highest BCUT2D eigenvalue weighted by atomic mass is 19.1. The molecule has 1 N–H and O–H groups in total. The Hall–Kier alpha value is -2.77. The molecule has 0 aliphatic carbocycles. The van der Waals surface area contributed by atoms with Crippen molar-refractivity contribution in [1.29, 1.82) is 0 Å². The Morgan fingerprint density at radius 2 is 1.94 bits per heavy atom. The van der Waals surface area contributed by atoms with E-state index in [-0.39, 0.29) is 17.6 Å². The number of hydrogen-bond donors (Lipinski definition) is 1. The molecule has 6 nitrogen and oxygen atoms in total. The van der Waals surface area contributed by atoms with E-state index in [1.54, 1.807) is 12.1 Å². The zero-order valence-electron chi connectivity index (χ0n) is 18.5. The summed E-state index contributed by atoms with van der Waals surface area (Å²) < 4.78 is 15.6. The molecule has 0 spiro atoms. The van der Waals surface area contributed by atoms with Gasteiger partial charge in [-0.3, -0.25) is 14.3 Å². The summed E-state index contributed by atoms with van der Waals surface area (Å²) in [6, 6.07) is 14.9. The Morgan fingerprint density at radius 1 is 1.12 bits per heavy atom. The zero-order chi connectivity index (χ0) is 22.1. The van der Waals surface area contributed by atoms with Gasteiger partial charge < -0.3 is 10.2 Å². The second kappa shape index (κ2) is 9.00. The predicted octanol–water partition coefficient (Wildman–Crippen LogP) is 3.20. The number of piperazine rings is 1. The quantitative estimate of drug-likeness (QED) is 0.684. The molecule has 3 heterocycles. The summed E-state index contributed by atoms with van der Waals surface area (Å²) in [6.07, 6.45) is 1.96. The fraction of sp³-hybridized carbons (Fsp3) is 0.440. The van der Waals surface area contributed by atoms with Gasteiger partial charge in [0.05, 0.1) is 23.5 Å². The van der Waals surface area contributed by atoms with Crippen LogP contribution in [-0.4, -0.2) is 64.0 Å². The van der Waals surface area contributed by atoms with Crippen molar-refractivity contribution in [1.82, 2.24) is 24.7 Å². The number of carbonyl (C=O) groups excluding carboxylic acids is 1. The molecule has 0 unspecified atom stereocenters. The van der Waals surface area contributed by atoms with Crippen LogP contribution in [0.5, 0.6) is 0 Å². The molecule has 0 radical (unpaired) electrons. The zero-order valence-corrected chi connectivity index (χ0v) is 18.5.